The van der Waals surface area contributed by atoms with Crippen LogP contribution in [0.3, 0.4) is 0 Å². The van der Waals surface area contributed by atoms with Gasteiger partial charge < -0.3 is 9.30 Å². The van der Waals surface area contributed by atoms with Crippen molar-refractivity contribution in [3.05, 3.63) is 27.0 Å². The summed E-state index contributed by atoms with van der Waals surface area (Å²) in [6.07, 6.45) is 5.03. The monoisotopic (exact) mass is 414 g/mol. The van der Waals surface area contributed by atoms with Crippen LogP contribution in [0.25, 0.3) is 10.2 Å². The minimum Gasteiger partial charge on any atom is -0.465 e. The van der Waals surface area contributed by atoms with Gasteiger partial charge in [0.25, 0.3) is 5.91 Å². The predicted octanol–water partition coefficient (Wildman–Crippen LogP) is 4.58. The van der Waals surface area contributed by atoms with Crippen LogP contribution in [0.2, 0.25) is 10.0 Å². The lowest BCUT2D eigenvalue weighted by molar-refractivity contribution is -0.143. The maximum absolute atomic E-state index is 12.6. The van der Waals surface area contributed by atoms with E-state index in [9.17, 15) is 9.59 Å². The standard InChI is InChI=1S/C18H20Cl2N2O3S/c1-2-25-14(23)10-22-16-13(9-8-12(19)15(16)20)26-18(22)21-17(24)11-6-4-3-5-7-11/h8-9,11H,2-7,10H2,1H3. The van der Waals surface area contributed by atoms with Crippen molar-refractivity contribution >= 4 is 56.6 Å². The Kier molecular flexibility index (Phi) is 6.37. The molecule has 0 spiro atoms. The van der Waals surface area contributed by atoms with E-state index in [1.807, 2.05) is 6.07 Å². The number of carbonyl (C=O) groups is 2. The van der Waals surface area contributed by atoms with E-state index < -0.39 is 5.97 Å². The Hall–Kier alpha value is -1.37. The van der Waals surface area contributed by atoms with Crippen molar-refractivity contribution in [1.29, 1.82) is 0 Å². The summed E-state index contributed by atoms with van der Waals surface area (Å²) in [5.41, 5.74) is 0.604. The van der Waals surface area contributed by atoms with E-state index in [1.165, 1.54) is 17.8 Å². The molecule has 1 heterocycles. The molecule has 0 radical (unpaired) electrons. The van der Waals surface area contributed by atoms with Crippen molar-refractivity contribution in [3.8, 4) is 0 Å². The van der Waals surface area contributed by atoms with Crippen molar-refractivity contribution in [2.24, 2.45) is 10.9 Å². The number of hydrogen-bond donors (Lipinski definition) is 0. The Balaban J connectivity index is 2.08. The van der Waals surface area contributed by atoms with Gasteiger partial charge in [-0.05, 0) is 31.9 Å². The lowest BCUT2D eigenvalue weighted by Gasteiger charge is -2.17. The molecule has 2 aromatic rings. The van der Waals surface area contributed by atoms with Crippen molar-refractivity contribution in [1.82, 2.24) is 4.57 Å². The van der Waals surface area contributed by atoms with Gasteiger partial charge in [0.2, 0.25) is 0 Å². The van der Waals surface area contributed by atoms with E-state index >= 15 is 0 Å². The molecule has 140 valence electrons. The van der Waals surface area contributed by atoms with Gasteiger partial charge in [-0.3, -0.25) is 9.59 Å². The van der Waals surface area contributed by atoms with E-state index in [1.54, 1.807) is 17.6 Å². The molecule has 0 saturated heterocycles. The average molecular weight is 415 g/mol. The Bertz CT molecular complexity index is 898. The van der Waals surface area contributed by atoms with Gasteiger partial charge in [-0.15, -0.1) is 0 Å². The number of carbonyl (C=O) groups excluding carboxylic acids is 2. The average Bonchev–Trinajstić information content (AvgIpc) is 2.97. The molecule has 1 aliphatic carbocycles. The smallest absolute Gasteiger partial charge is 0.326 e. The van der Waals surface area contributed by atoms with Crippen LogP contribution in [0.1, 0.15) is 39.0 Å². The highest BCUT2D eigenvalue weighted by molar-refractivity contribution is 7.16. The topological polar surface area (TPSA) is 60.7 Å². The first kappa shape index (κ1) is 19.4. The molecule has 1 saturated carbocycles. The Morgan fingerprint density at radius 3 is 2.69 bits per heavy atom. The summed E-state index contributed by atoms with van der Waals surface area (Å²) in [4.78, 5) is 29.4. The first-order chi connectivity index (χ1) is 12.5. The van der Waals surface area contributed by atoms with Gasteiger partial charge >= 0.3 is 5.97 Å². The van der Waals surface area contributed by atoms with E-state index in [-0.39, 0.29) is 25.0 Å². The third-order valence-corrected chi connectivity index (χ3v) is 6.32. The van der Waals surface area contributed by atoms with Crippen molar-refractivity contribution < 1.29 is 14.3 Å². The van der Waals surface area contributed by atoms with Gasteiger partial charge in [0.15, 0.2) is 4.80 Å². The SMILES string of the molecule is CCOC(=O)Cn1c(=NC(=O)C2CCCCC2)sc2ccc(Cl)c(Cl)c21. The highest BCUT2D eigenvalue weighted by Crippen LogP contribution is 2.32. The summed E-state index contributed by atoms with van der Waals surface area (Å²) in [6, 6.07) is 3.52. The van der Waals surface area contributed by atoms with E-state index in [2.05, 4.69) is 4.99 Å². The van der Waals surface area contributed by atoms with Gasteiger partial charge in [-0.25, -0.2) is 0 Å². The van der Waals surface area contributed by atoms with Crippen molar-refractivity contribution in [2.75, 3.05) is 6.61 Å². The number of amides is 1. The minimum atomic E-state index is -0.408. The number of hydrogen-bond acceptors (Lipinski definition) is 4. The fourth-order valence-electron chi connectivity index (χ4n) is 3.21. The summed E-state index contributed by atoms with van der Waals surface area (Å²) in [5, 5.41) is 0.732. The van der Waals surface area contributed by atoms with Gasteiger partial charge in [0, 0.05) is 5.92 Å². The number of esters is 1. The van der Waals surface area contributed by atoms with E-state index in [0.29, 0.717) is 20.4 Å². The number of rotatable bonds is 4. The van der Waals surface area contributed by atoms with E-state index in [4.69, 9.17) is 27.9 Å². The molecule has 1 aliphatic rings. The molecule has 26 heavy (non-hydrogen) atoms. The van der Waals surface area contributed by atoms with Crippen LogP contribution >= 0.6 is 34.5 Å². The van der Waals surface area contributed by atoms with Crippen LogP contribution in [0.4, 0.5) is 0 Å². The largest absolute Gasteiger partial charge is 0.465 e. The fourth-order valence-corrected chi connectivity index (χ4v) is 4.72. The number of ether oxygens (including phenoxy) is 1. The number of halogens is 2. The molecule has 8 heteroatoms. The van der Waals surface area contributed by atoms with Gasteiger partial charge in [-0.1, -0.05) is 53.8 Å². The summed E-state index contributed by atoms with van der Waals surface area (Å²) >= 11 is 13.8. The normalized spacial score (nSPS) is 16.2. The highest BCUT2D eigenvalue weighted by atomic mass is 35.5. The number of thiazole rings is 1. The molecule has 1 amide bonds. The molecule has 5 nitrogen and oxygen atoms in total. The summed E-state index contributed by atoms with van der Waals surface area (Å²) in [6.45, 7) is 1.96. The van der Waals surface area contributed by atoms with Gasteiger partial charge in [0.1, 0.15) is 6.54 Å². The number of nitrogens with zero attached hydrogens (tertiary/aromatic N) is 2. The zero-order valence-electron chi connectivity index (χ0n) is 14.5. The Morgan fingerprint density at radius 1 is 1.27 bits per heavy atom. The summed E-state index contributed by atoms with van der Waals surface area (Å²) in [5.74, 6) is -0.574. The zero-order valence-corrected chi connectivity index (χ0v) is 16.8. The molecule has 1 aromatic heterocycles. The van der Waals surface area contributed by atoms with E-state index in [0.717, 1.165) is 30.4 Å². The minimum absolute atomic E-state index is 0.0379. The molecule has 0 bridgehead atoms. The summed E-state index contributed by atoms with van der Waals surface area (Å²) in [7, 11) is 0. The molecule has 1 fully saturated rings. The lowest BCUT2D eigenvalue weighted by atomic mass is 9.89. The first-order valence-corrected chi connectivity index (χ1v) is 10.3. The molecular formula is C18H20Cl2N2O3S. The predicted molar refractivity (Wildman–Crippen MR) is 104 cm³/mol. The maximum atomic E-state index is 12.6. The quantitative estimate of drug-likeness (QED) is 0.687. The van der Waals surface area contributed by atoms with Crippen molar-refractivity contribution in [2.45, 2.75) is 45.6 Å². The number of benzene rings is 1. The molecule has 3 rings (SSSR count). The second-order valence-corrected chi connectivity index (χ2v) is 8.06. The van der Waals surface area contributed by atoms with Gasteiger partial charge in [-0.2, -0.15) is 4.99 Å². The molecule has 1 aromatic carbocycles. The third-order valence-electron chi connectivity index (χ3n) is 4.49. The van der Waals surface area contributed by atoms with Crippen LogP contribution in [0, 0.1) is 5.92 Å². The second kappa shape index (κ2) is 8.55. The first-order valence-electron chi connectivity index (χ1n) is 8.72. The van der Waals surface area contributed by atoms with Crippen LogP contribution in [-0.4, -0.2) is 23.1 Å². The highest BCUT2D eigenvalue weighted by Gasteiger charge is 2.22. The lowest BCUT2D eigenvalue weighted by Crippen LogP contribution is -2.25. The second-order valence-electron chi connectivity index (χ2n) is 6.27. The molecule has 0 N–H and O–H groups in total. The molecular weight excluding hydrogens is 395 g/mol. The maximum Gasteiger partial charge on any atom is 0.326 e. The van der Waals surface area contributed by atoms with Crippen molar-refractivity contribution in [3.63, 3.8) is 0 Å². The van der Waals surface area contributed by atoms with Crippen LogP contribution in [0.15, 0.2) is 17.1 Å². The molecule has 0 aliphatic heterocycles. The van der Waals surface area contributed by atoms with Crippen LogP contribution in [0.5, 0.6) is 0 Å². The molecule has 0 unspecified atom stereocenters. The fraction of sp³-hybridized carbons (Fsp3) is 0.500. The van der Waals surface area contributed by atoms with Crippen LogP contribution in [-0.2, 0) is 20.9 Å². The van der Waals surface area contributed by atoms with Crippen LogP contribution < -0.4 is 4.80 Å². The third kappa shape index (κ3) is 4.13. The Labute approximate surface area is 165 Å². The molecule has 0 atom stereocenters. The number of fused-ring (bicyclic) bond motifs is 1. The Morgan fingerprint density at radius 2 is 2.00 bits per heavy atom. The zero-order chi connectivity index (χ0) is 18.7. The summed E-state index contributed by atoms with van der Waals surface area (Å²) < 4.78 is 7.50. The van der Waals surface area contributed by atoms with Gasteiger partial charge in [0.05, 0.1) is 26.9 Å². The number of aromatic nitrogens is 1.